The van der Waals surface area contributed by atoms with Gasteiger partial charge < -0.3 is 10.6 Å². The lowest BCUT2D eigenvalue weighted by Gasteiger charge is -2.07. The van der Waals surface area contributed by atoms with Crippen LogP contribution in [0, 0.1) is 6.92 Å². The molecule has 0 aromatic carbocycles. The Hall–Kier alpha value is -1.80. The second kappa shape index (κ2) is 6.39. The van der Waals surface area contributed by atoms with Crippen LogP contribution in [0.2, 0.25) is 0 Å². The Morgan fingerprint density at radius 2 is 2.00 bits per heavy atom. The molecule has 0 fully saturated rings. The molecule has 0 saturated carbocycles. The maximum atomic E-state index is 5.02. The van der Waals surface area contributed by atoms with Gasteiger partial charge in [-0.25, -0.2) is 19.9 Å². The summed E-state index contributed by atoms with van der Waals surface area (Å²) in [5.74, 6) is 0.456. The van der Waals surface area contributed by atoms with Gasteiger partial charge in [-0.3, -0.25) is 0 Å². The number of nitrogens with one attached hydrogen (secondary N) is 2. The number of aryl methyl sites for hydroxylation is 1. The van der Waals surface area contributed by atoms with E-state index in [1.165, 1.54) is 11.8 Å². The van der Waals surface area contributed by atoms with E-state index < -0.39 is 0 Å². The topological polar surface area (TPSA) is 75.6 Å². The minimum absolute atomic E-state index is 0.456. The lowest BCUT2D eigenvalue weighted by atomic mass is 10.5. The van der Waals surface area contributed by atoms with Crippen molar-refractivity contribution in [3.05, 3.63) is 30.2 Å². The molecule has 8 heteroatoms. The molecule has 0 aliphatic carbocycles. The zero-order valence-corrected chi connectivity index (χ0v) is 12.0. The van der Waals surface area contributed by atoms with Gasteiger partial charge >= 0.3 is 0 Å². The smallest absolute Gasteiger partial charge is 0.230 e. The lowest BCUT2D eigenvalue weighted by molar-refractivity contribution is 0.952. The highest BCUT2D eigenvalue weighted by Gasteiger charge is 2.06. The van der Waals surface area contributed by atoms with E-state index >= 15 is 0 Å². The Morgan fingerprint density at radius 3 is 2.68 bits per heavy atom. The van der Waals surface area contributed by atoms with Crippen molar-refractivity contribution in [3.63, 3.8) is 0 Å². The summed E-state index contributed by atoms with van der Waals surface area (Å²) in [6, 6.07) is 3.64. The second-order valence-electron chi connectivity index (χ2n) is 3.51. The third-order valence-corrected chi connectivity index (χ3v) is 3.14. The molecule has 2 aromatic heterocycles. The fourth-order valence-corrected chi connectivity index (χ4v) is 2.11. The van der Waals surface area contributed by atoms with Gasteiger partial charge in [-0.15, -0.1) is 0 Å². The first-order valence-electron chi connectivity index (χ1n) is 5.46. The average Bonchev–Trinajstić information content (AvgIpc) is 2.39. The number of nitrogens with zero attached hydrogens (tertiary/aromatic N) is 4. The summed E-state index contributed by atoms with van der Waals surface area (Å²) >= 11 is 6.39. The van der Waals surface area contributed by atoms with Crippen molar-refractivity contribution in [2.75, 3.05) is 12.4 Å². The standard InChI is InChI=1S/C11H12N6S2/c1-7-6-8(19-11-13-4-3-5-14-11)16-9(15-7)17-10(18)12-2/h3-6H,1-2H3,(H2,12,15,16,17,18). The summed E-state index contributed by atoms with van der Waals surface area (Å²) in [7, 11) is 1.73. The van der Waals surface area contributed by atoms with Gasteiger partial charge in [0.1, 0.15) is 5.03 Å². The molecule has 0 spiro atoms. The van der Waals surface area contributed by atoms with Gasteiger partial charge in [0.15, 0.2) is 10.3 Å². The van der Waals surface area contributed by atoms with E-state index in [2.05, 4.69) is 30.6 Å². The van der Waals surface area contributed by atoms with Crippen LogP contribution in [0.15, 0.2) is 34.7 Å². The van der Waals surface area contributed by atoms with Crippen LogP contribution < -0.4 is 10.6 Å². The van der Waals surface area contributed by atoms with Crippen LogP contribution in [0.5, 0.6) is 0 Å². The van der Waals surface area contributed by atoms with Crippen LogP contribution >= 0.6 is 24.0 Å². The molecule has 6 nitrogen and oxygen atoms in total. The molecule has 0 radical (unpaired) electrons. The van der Waals surface area contributed by atoms with Crippen molar-refractivity contribution in [1.29, 1.82) is 0 Å². The average molecular weight is 292 g/mol. The van der Waals surface area contributed by atoms with E-state index in [1.54, 1.807) is 25.5 Å². The van der Waals surface area contributed by atoms with Crippen molar-refractivity contribution in [3.8, 4) is 0 Å². The molecule has 98 valence electrons. The lowest BCUT2D eigenvalue weighted by Crippen LogP contribution is -2.25. The predicted octanol–water partition coefficient (Wildman–Crippen LogP) is 1.64. The van der Waals surface area contributed by atoms with Gasteiger partial charge in [0.25, 0.3) is 0 Å². The van der Waals surface area contributed by atoms with Crippen LogP contribution in [0.1, 0.15) is 5.69 Å². The molecular weight excluding hydrogens is 280 g/mol. The molecule has 0 saturated heterocycles. The Labute approximate surface area is 120 Å². The highest BCUT2D eigenvalue weighted by atomic mass is 32.2. The van der Waals surface area contributed by atoms with Gasteiger partial charge in [-0.1, -0.05) is 0 Å². The Bertz CT molecular complexity index is 575. The van der Waals surface area contributed by atoms with E-state index in [1.807, 2.05) is 13.0 Å². The summed E-state index contributed by atoms with van der Waals surface area (Å²) in [6.07, 6.45) is 3.39. The summed E-state index contributed by atoms with van der Waals surface area (Å²) in [5, 5.41) is 7.59. The zero-order chi connectivity index (χ0) is 13.7. The zero-order valence-electron chi connectivity index (χ0n) is 10.4. The number of hydrogen-bond acceptors (Lipinski definition) is 6. The van der Waals surface area contributed by atoms with Crippen molar-refractivity contribution in [2.24, 2.45) is 0 Å². The van der Waals surface area contributed by atoms with Crippen molar-refractivity contribution in [1.82, 2.24) is 25.3 Å². The fourth-order valence-electron chi connectivity index (χ4n) is 1.24. The molecule has 2 rings (SSSR count). The Kier molecular flexibility index (Phi) is 4.58. The molecule has 2 heterocycles. The minimum Gasteiger partial charge on any atom is -0.365 e. The van der Waals surface area contributed by atoms with Crippen LogP contribution in [0.4, 0.5) is 5.95 Å². The first-order chi connectivity index (χ1) is 9.17. The molecule has 19 heavy (non-hydrogen) atoms. The maximum Gasteiger partial charge on any atom is 0.230 e. The van der Waals surface area contributed by atoms with Gasteiger partial charge in [0.2, 0.25) is 5.95 Å². The first kappa shape index (κ1) is 13.6. The molecule has 0 aliphatic heterocycles. The van der Waals surface area contributed by atoms with Crippen molar-refractivity contribution >= 4 is 35.0 Å². The van der Waals surface area contributed by atoms with Crippen LogP contribution in [0.3, 0.4) is 0 Å². The van der Waals surface area contributed by atoms with E-state index in [9.17, 15) is 0 Å². The van der Waals surface area contributed by atoms with Crippen molar-refractivity contribution < 1.29 is 0 Å². The number of aromatic nitrogens is 4. The molecule has 0 amide bonds. The van der Waals surface area contributed by atoms with E-state index in [4.69, 9.17) is 12.2 Å². The molecule has 2 N–H and O–H groups in total. The van der Waals surface area contributed by atoms with Gasteiger partial charge in [0, 0.05) is 25.1 Å². The van der Waals surface area contributed by atoms with Crippen LogP contribution in [-0.2, 0) is 0 Å². The SMILES string of the molecule is CNC(=S)Nc1nc(C)cc(Sc2ncccn2)n1. The Balaban J connectivity index is 2.19. The molecular formula is C11H12N6S2. The second-order valence-corrected chi connectivity index (χ2v) is 4.90. The number of rotatable bonds is 3. The van der Waals surface area contributed by atoms with Crippen LogP contribution in [0.25, 0.3) is 0 Å². The van der Waals surface area contributed by atoms with Crippen LogP contribution in [-0.4, -0.2) is 32.1 Å². The van der Waals surface area contributed by atoms with E-state index in [0.717, 1.165) is 10.7 Å². The predicted molar refractivity (Wildman–Crippen MR) is 78.2 cm³/mol. The molecule has 0 unspecified atom stereocenters. The summed E-state index contributed by atoms with van der Waals surface area (Å²) < 4.78 is 0. The number of hydrogen-bond donors (Lipinski definition) is 2. The molecule has 0 bridgehead atoms. The number of anilines is 1. The third-order valence-electron chi connectivity index (χ3n) is 2.02. The van der Waals surface area contributed by atoms with E-state index in [-0.39, 0.29) is 0 Å². The highest BCUT2D eigenvalue weighted by Crippen LogP contribution is 2.23. The van der Waals surface area contributed by atoms with Crippen molar-refractivity contribution in [2.45, 2.75) is 17.1 Å². The normalized spacial score (nSPS) is 10.0. The summed E-state index contributed by atoms with van der Waals surface area (Å²) in [6.45, 7) is 1.89. The maximum absolute atomic E-state index is 5.02. The first-order valence-corrected chi connectivity index (χ1v) is 6.69. The monoisotopic (exact) mass is 292 g/mol. The quantitative estimate of drug-likeness (QED) is 0.502. The summed E-state index contributed by atoms with van der Waals surface area (Å²) in [5.41, 5.74) is 0.842. The minimum atomic E-state index is 0.456. The molecule has 0 aliphatic rings. The fraction of sp³-hybridized carbons (Fsp3) is 0.182. The Morgan fingerprint density at radius 1 is 1.26 bits per heavy atom. The van der Waals surface area contributed by atoms with E-state index in [0.29, 0.717) is 16.2 Å². The van der Waals surface area contributed by atoms with Gasteiger partial charge in [-0.05, 0) is 43.0 Å². The molecule has 0 atom stereocenters. The summed E-state index contributed by atoms with van der Waals surface area (Å²) in [4.78, 5) is 16.9. The highest BCUT2D eigenvalue weighted by molar-refractivity contribution is 7.99. The number of thiocarbonyl (C=S) groups is 1. The largest absolute Gasteiger partial charge is 0.365 e. The van der Waals surface area contributed by atoms with Gasteiger partial charge in [0.05, 0.1) is 0 Å². The van der Waals surface area contributed by atoms with Gasteiger partial charge in [-0.2, -0.15) is 0 Å². The third kappa shape index (κ3) is 4.11. The molecule has 2 aromatic rings.